The van der Waals surface area contributed by atoms with Crippen molar-refractivity contribution in [2.24, 2.45) is 0 Å². The van der Waals surface area contributed by atoms with Gasteiger partial charge in [0.25, 0.3) is 5.91 Å². The van der Waals surface area contributed by atoms with Crippen molar-refractivity contribution in [2.75, 3.05) is 4.90 Å². The van der Waals surface area contributed by atoms with Gasteiger partial charge < -0.3 is 5.11 Å². The normalized spacial score (nSPS) is 14.9. The second-order valence-corrected chi connectivity index (χ2v) is 4.66. The van der Waals surface area contributed by atoms with Crippen LogP contribution in [0.1, 0.15) is 5.56 Å². The van der Waals surface area contributed by atoms with Gasteiger partial charge in [-0.25, -0.2) is 13.7 Å². The minimum absolute atomic E-state index is 0.0126. The average Bonchev–Trinajstić information content (AvgIpc) is 2.71. The maximum atomic E-state index is 13.3. The van der Waals surface area contributed by atoms with Crippen molar-refractivity contribution >= 4 is 23.1 Å². The van der Waals surface area contributed by atoms with Crippen LogP contribution in [0.15, 0.2) is 54.3 Å². The molecule has 0 saturated carbocycles. The van der Waals surface area contributed by atoms with E-state index in [0.717, 1.165) is 18.2 Å². The van der Waals surface area contributed by atoms with E-state index < -0.39 is 29.2 Å². The molecule has 2 amide bonds. The highest BCUT2D eigenvalue weighted by Gasteiger charge is 2.40. The molecular weight excluding hydrogens is 292 g/mol. The van der Waals surface area contributed by atoms with Crippen molar-refractivity contribution in [3.8, 4) is 0 Å². The maximum Gasteiger partial charge on any atom is 0.301 e. The number of hydrogen-bond donors (Lipinski definition) is 1. The molecule has 0 bridgehead atoms. The lowest BCUT2D eigenvalue weighted by Crippen LogP contribution is -2.31. The van der Waals surface area contributed by atoms with Gasteiger partial charge in [0.15, 0.2) is 5.76 Å². The fourth-order valence-electron chi connectivity index (χ4n) is 2.24. The Morgan fingerprint density at radius 2 is 1.55 bits per heavy atom. The predicted molar refractivity (Wildman–Crippen MR) is 74.8 cm³/mol. The standard InChI is InChI=1S/C16H9F2NO3/c17-10-6-4-9(5-7-10)13-14(20)16(22)19(15(13)21)12-3-1-2-11(18)8-12/h1-8,20H. The highest BCUT2D eigenvalue weighted by atomic mass is 19.1. The van der Waals surface area contributed by atoms with Crippen molar-refractivity contribution < 1.29 is 23.5 Å². The molecule has 1 heterocycles. The third kappa shape index (κ3) is 2.14. The SMILES string of the molecule is O=C1C(O)=C(c2ccc(F)cc2)C(=O)N1c1cccc(F)c1. The molecule has 2 aromatic rings. The average molecular weight is 301 g/mol. The number of aliphatic hydroxyl groups excluding tert-OH is 1. The summed E-state index contributed by atoms with van der Waals surface area (Å²) in [4.78, 5) is 25.2. The van der Waals surface area contributed by atoms with Gasteiger partial charge in [-0.1, -0.05) is 18.2 Å². The molecule has 4 nitrogen and oxygen atoms in total. The van der Waals surface area contributed by atoms with Gasteiger partial charge in [0.05, 0.1) is 11.3 Å². The quantitative estimate of drug-likeness (QED) is 0.868. The highest BCUT2D eigenvalue weighted by Crippen LogP contribution is 2.32. The van der Waals surface area contributed by atoms with Crippen molar-refractivity contribution in [1.82, 2.24) is 0 Å². The fraction of sp³-hybridized carbons (Fsp3) is 0. The fourth-order valence-corrected chi connectivity index (χ4v) is 2.24. The van der Waals surface area contributed by atoms with Gasteiger partial charge in [-0.05, 0) is 35.9 Å². The Morgan fingerprint density at radius 3 is 2.18 bits per heavy atom. The number of amides is 2. The molecule has 0 saturated heterocycles. The summed E-state index contributed by atoms with van der Waals surface area (Å²) < 4.78 is 26.2. The number of benzene rings is 2. The van der Waals surface area contributed by atoms with Gasteiger partial charge in [-0.15, -0.1) is 0 Å². The molecular formula is C16H9F2NO3. The molecule has 0 spiro atoms. The van der Waals surface area contributed by atoms with Gasteiger partial charge in [-0.2, -0.15) is 0 Å². The lowest BCUT2D eigenvalue weighted by molar-refractivity contribution is -0.121. The second-order valence-electron chi connectivity index (χ2n) is 4.66. The minimum Gasteiger partial charge on any atom is -0.502 e. The van der Waals surface area contributed by atoms with E-state index in [2.05, 4.69) is 0 Å². The number of nitrogens with zero attached hydrogens (tertiary/aromatic N) is 1. The molecule has 2 aromatic carbocycles. The molecule has 0 radical (unpaired) electrons. The summed E-state index contributed by atoms with van der Waals surface area (Å²) in [7, 11) is 0. The van der Waals surface area contributed by atoms with Crippen molar-refractivity contribution in [3.05, 3.63) is 71.5 Å². The van der Waals surface area contributed by atoms with Gasteiger partial charge in [-0.3, -0.25) is 9.59 Å². The molecule has 110 valence electrons. The number of anilines is 1. The van der Waals surface area contributed by atoms with E-state index in [4.69, 9.17) is 0 Å². The molecule has 0 fully saturated rings. The molecule has 0 atom stereocenters. The van der Waals surface area contributed by atoms with E-state index in [-0.39, 0.29) is 16.8 Å². The molecule has 0 aromatic heterocycles. The van der Waals surface area contributed by atoms with Gasteiger partial charge in [0.1, 0.15) is 11.6 Å². The number of imide groups is 1. The van der Waals surface area contributed by atoms with Crippen LogP contribution < -0.4 is 4.90 Å². The second kappa shape index (κ2) is 5.07. The summed E-state index contributed by atoms with van der Waals surface area (Å²) in [5.74, 6) is -3.62. The van der Waals surface area contributed by atoms with E-state index in [1.165, 1.54) is 30.3 Å². The monoisotopic (exact) mass is 301 g/mol. The van der Waals surface area contributed by atoms with E-state index in [9.17, 15) is 23.5 Å². The molecule has 0 aliphatic carbocycles. The molecule has 1 aliphatic rings. The van der Waals surface area contributed by atoms with E-state index in [1.807, 2.05) is 0 Å². The molecule has 22 heavy (non-hydrogen) atoms. The lowest BCUT2D eigenvalue weighted by atomic mass is 10.1. The summed E-state index contributed by atoms with van der Waals surface area (Å²) >= 11 is 0. The Morgan fingerprint density at radius 1 is 0.864 bits per heavy atom. The smallest absolute Gasteiger partial charge is 0.301 e. The van der Waals surface area contributed by atoms with Crippen molar-refractivity contribution in [3.63, 3.8) is 0 Å². The molecule has 0 unspecified atom stereocenters. The zero-order chi connectivity index (χ0) is 15.9. The van der Waals surface area contributed by atoms with Crippen LogP contribution in [0.5, 0.6) is 0 Å². The maximum absolute atomic E-state index is 13.3. The summed E-state index contributed by atoms with van der Waals surface area (Å²) in [6.07, 6.45) is 0. The van der Waals surface area contributed by atoms with E-state index >= 15 is 0 Å². The Balaban J connectivity index is 2.05. The van der Waals surface area contributed by atoms with Crippen molar-refractivity contribution in [2.45, 2.75) is 0 Å². The molecule has 3 rings (SSSR count). The zero-order valence-electron chi connectivity index (χ0n) is 11.1. The highest BCUT2D eigenvalue weighted by molar-refractivity contribution is 6.44. The molecule has 1 N–H and O–H groups in total. The number of aliphatic hydroxyl groups is 1. The number of carbonyl (C=O) groups excluding carboxylic acids is 2. The molecule has 1 aliphatic heterocycles. The first-order valence-corrected chi connectivity index (χ1v) is 6.32. The molecule has 6 heteroatoms. The Labute approximate surface area is 123 Å². The first-order chi connectivity index (χ1) is 10.5. The summed E-state index contributed by atoms with van der Waals surface area (Å²) in [6, 6.07) is 9.68. The largest absolute Gasteiger partial charge is 0.502 e. The first-order valence-electron chi connectivity index (χ1n) is 6.32. The van der Waals surface area contributed by atoms with Gasteiger partial charge in [0.2, 0.25) is 0 Å². The predicted octanol–water partition coefficient (Wildman–Crippen LogP) is 2.81. The summed E-state index contributed by atoms with van der Waals surface area (Å²) in [6.45, 7) is 0. The summed E-state index contributed by atoms with van der Waals surface area (Å²) in [5.41, 5.74) is -0.0240. The van der Waals surface area contributed by atoms with Crippen LogP contribution in [0.2, 0.25) is 0 Å². The van der Waals surface area contributed by atoms with Gasteiger partial charge >= 0.3 is 5.91 Å². The van der Waals surface area contributed by atoms with Gasteiger partial charge in [0, 0.05) is 0 Å². The minimum atomic E-state index is -0.949. The van der Waals surface area contributed by atoms with Crippen LogP contribution in [0.4, 0.5) is 14.5 Å². The first kappa shape index (κ1) is 13.9. The van der Waals surface area contributed by atoms with Crippen LogP contribution in [-0.4, -0.2) is 16.9 Å². The Kier molecular flexibility index (Phi) is 3.21. The lowest BCUT2D eigenvalue weighted by Gasteiger charge is -2.14. The summed E-state index contributed by atoms with van der Waals surface area (Å²) in [5, 5.41) is 9.93. The topological polar surface area (TPSA) is 57.6 Å². The number of halogens is 2. The van der Waals surface area contributed by atoms with Crippen molar-refractivity contribution in [1.29, 1.82) is 0 Å². The van der Waals surface area contributed by atoms with Crippen LogP contribution in [0.3, 0.4) is 0 Å². The zero-order valence-corrected chi connectivity index (χ0v) is 11.1. The number of hydrogen-bond acceptors (Lipinski definition) is 3. The Bertz CT molecular complexity index is 812. The third-order valence-electron chi connectivity index (χ3n) is 3.26. The number of carbonyl (C=O) groups is 2. The third-order valence-corrected chi connectivity index (χ3v) is 3.26. The van der Waals surface area contributed by atoms with Crippen LogP contribution >= 0.6 is 0 Å². The van der Waals surface area contributed by atoms with Crippen LogP contribution in [-0.2, 0) is 9.59 Å². The number of rotatable bonds is 2. The van der Waals surface area contributed by atoms with E-state index in [0.29, 0.717) is 4.90 Å². The Hall–Kier alpha value is -3.02. The van der Waals surface area contributed by atoms with Crippen LogP contribution in [0.25, 0.3) is 5.57 Å². The van der Waals surface area contributed by atoms with E-state index in [1.54, 1.807) is 0 Å². The van der Waals surface area contributed by atoms with Crippen LogP contribution in [0, 0.1) is 11.6 Å².